The molecule has 1 atom stereocenters. The highest BCUT2D eigenvalue weighted by atomic mass is 32.2. The van der Waals surface area contributed by atoms with Gasteiger partial charge in [0.1, 0.15) is 23.7 Å². The summed E-state index contributed by atoms with van der Waals surface area (Å²) in [6, 6.07) is 17.5. The van der Waals surface area contributed by atoms with Gasteiger partial charge in [-0.2, -0.15) is 5.26 Å². The second kappa shape index (κ2) is 7.81. The summed E-state index contributed by atoms with van der Waals surface area (Å²) in [6.07, 6.45) is 1.64. The van der Waals surface area contributed by atoms with Crippen LogP contribution in [0.25, 0.3) is 22.3 Å². The molecule has 0 saturated carbocycles. The summed E-state index contributed by atoms with van der Waals surface area (Å²) in [7, 11) is 0. The van der Waals surface area contributed by atoms with Crippen LogP contribution in [-0.2, 0) is 0 Å². The van der Waals surface area contributed by atoms with E-state index in [2.05, 4.69) is 26.2 Å². The number of allylic oxidation sites excluding steroid dienone is 1. The second-order valence-corrected chi connectivity index (χ2v) is 7.81. The van der Waals surface area contributed by atoms with E-state index in [1.54, 1.807) is 6.33 Å². The molecule has 0 aliphatic rings. The zero-order valence-corrected chi connectivity index (χ0v) is 16.7. The van der Waals surface area contributed by atoms with Crippen LogP contribution in [0, 0.1) is 18.3 Å². The van der Waals surface area contributed by atoms with E-state index in [1.807, 2.05) is 66.9 Å². The Morgan fingerprint density at radius 3 is 2.72 bits per heavy atom. The Morgan fingerprint density at radius 2 is 1.97 bits per heavy atom. The molecule has 2 N–H and O–H groups in total. The van der Waals surface area contributed by atoms with Gasteiger partial charge in [-0.15, -0.1) is 10.2 Å². The summed E-state index contributed by atoms with van der Waals surface area (Å²) in [5.74, 6) is 0.287. The molecule has 0 fully saturated rings. The number of H-pyrrole nitrogens is 1. The molecule has 0 aliphatic heterocycles. The van der Waals surface area contributed by atoms with Gasteiger partial charge < -0.3 is 10.1 Å². The first-order valence-corrected chi connectivity index (χ1v) is 9.87. The lowest BCUT2D eigenvalue weighted by Gasteiger charge is -2.13. The molecule has 29 heavy (non-hydrogen) atoms. The molecule has 0 aliphatic carbocycles. The van der Waals surface area contributed by atoms with Gasteiger partial charge in [-0.25, -0.2) is 4.98 Å². The number of aliphatic hydroxyl groups excluding tert-OH is 1. The minimum Gasteiger partial charge on any atom is -0.510 e. The number of imidazole rings is 1. The quantitative estimate of drug-likeness (QED) is 0.291. The molecule has 2 aromatic carbocycles. The summed E-state index contributed by atoms with van der Waals surface area (Å²) in [5.41, 5.74) is 3.71. The summed E-state index contributed by atoms with van der Waals surface area (Å²) < 4.78 is 1.87. The average molecular weight is 402 g/mol. The Morgan fingerprint density at radius 1 is 1.21 bits per heavy atom. The number of hydrogen-bond donors (Lipinski definition) is 2. The van der Waals surface area contributed by atoms with Gasteiger partial charge in [-0.05, 0) is 37.6 Å². The van der Waals surface area contributed by atoms with E-state index >= 15 is 0 Å². The maximum atomic E-state index is 10.8. The van der Waals surface area contributed by atoms with Crippen LogP contribution >= 0.6 is 11.8 Å². The number of aromatic amines is 1. The summed E-state index contributed by atoms with van der Waals surface area (Å²) in [5, 5.41) is 28.8. The monoisotopic (exact) mass is 402 g/mol. The van der Waals surface area contributed by atoms with Gasteiger partial charge in [0, 0.05) is 0 Å². The largest absolute Gasteiger partial charge is 0.510 e. The fourth-order valence-corrected chi connectivity index (χ4v) is 3.92. The number of benzene rings is 2. The first-order chi connectivity index (χ1) is 14.1. The maximum absolute atomic E-state index is 10.8. The third kappa shape index (κ3) is 3.60. The molecular weight excluding hydrogens is 384 g/mol. The SMILES string of the molecule is Cc1ccccc1-n1cnnc1SC(C)/C(O)=C(\C#N)c1nc2ccccc2[nH]1. The van der Waals surface area contributed by atoms with Gasteiger partial charge in [0.2, 0.25) is 0 Å². The molecule has 4 aromatic rings. The summed E-state index contributed by atoms with van der Waals surface area (Å²) in [4.78, 5) is 7.51. The van der Waals surface area contributed by atoms with Crippen LogP contribution in [0.15, 0.2) is 65.8 Å². The van der Waals surface area contributed by atoms with Gasteiger partial charge in [0.05, 0.1) is 22.0 Å². The average Bonchev–Trinajstić information content (AvgIpc) is 3.35. The molecule has 7 nitrogen and oxygen atoms in total. The van der Waals surface area contributed by atoms with Crippen LogP contribution in [-0.4, -0.2) is 35.1 Å². The Balaban J connectivity index is 1.66. The summed E-state index contributed by atoms with van der Waals surface area (Å²) in [6.45, 7) is 3.83. The lowest BCUT2D eigenvalue weighted by atomic mass is 10.2. The van der Waals surface area contributed by atoms with Gasteiger partial charge >= 0.3 is 0 Å². The van der Waals surface area contributed by atoms with E-state index in [0.29, 0.717) is 11.0 Å². The Labute approximate surface area is 171 Å². The topological polar surface area (TPSA) is 103 Å². The van der Waals surface area contributed by atoms with E-state index in [9.17, 15) is 10.4 Å². The minimum absolute atomic E-state index is 0.0594. The number of aryl methyl sites for hydroxylation is 1. The molecule has 0 saturated heterocycles. The molecule has 0 bridgehead atoms. The molecule has 8 heteroatoms. The standard InChI is InChI=1S/C21H18N6OS/c1-13-7-3-6-10-18(13)27-12-23-26-21(27)29-14(2)19(28)15(11-22)20-24-16-8-4-5-9-17(16)25-20/h3-10,12,14,28H,1-2H3,(H,24,25)/b19-15-. The number of para-hydroxylation sites is 3. The lowest BCUT2D eigenvalue weighted by molar-refractivity contribution is 0.401. The Hall–Kier alpha value is -3.57. The number of thioether (sulfide) groups is 1. The highest BCUT2D eigenvalue weighted by Gasteiger charge is 2.21. The van der Waals surface area contributed by atoms with Crippen molar-refractivity contribution in [1.29, 1.82) is 5.26 Å². The van der Waals surface area contributed by atoms with Crippen LogP contribution in [0.2, 0.25) is 0 Å². The van der Waals surface area contributed by atoms with Crippen molar-refractivity contribution in [3.8, 4) is 11.8 Å². The normalized spacial score (nSPS) is 13.1. The molecule has 1 unspecified atom stereocenters. The fraction of sp³-hybridized carbons (Fsp3) is 0.143. The van der Waals surface area contributed by atoms with Gasteiger partial charge in [-0.1, -0.05) is 42.1 Å². The first kappa shape index (κ1) is 18.8. The third-order valence-electron chi connectivity index (χ3n) is 4.55. The lowest BCUT2D eigenvalue weighted by Crippen LogP contribution is -2.07. The van der Waals surface area contributed by atoms with Crippen molar-refractivity contribution in [3.05, 3.63) is 72.0 Å². The van der Waals surface area contributed by atoms with Gasteiger partial charge in [-0.3, -0.25) is 4.57 Å². The van der Waals surface area contributed by atoms with E-state index in [0.717, 1.165) is 22.3 Å². The zero-order valence-electron chi connectivity index (χ0n) is 15.9. The second-order valence-electron chi connectivity index (χ2n) is 6.50. The van der Waals surface area contributed by atoms with Crippen molar-refractivity contribution in [2.45, 2.75) is 24.3 Å². The Kier molecular flexibility index (Phi) is 5.06. The smallest absolute Gasteiger partial charge is 0.196 e. The molecule has 0 radical (unpaired) electrons. The van der Waals surface area contributed by atoms with Crippen LogP contribution in [0.3, 0.4) is 0 Å². The van der Waals surface area contributed by atoms with E-state index < -0.39 is 5.25 Å². The van der Waals surface area contributed by atoms with Crippen molar-refractivity contribution in [1.82, 2.24) is 24.7 Å². The van der Waals surface area contributed by atoms with Crippen LogP contribution in [0.5, 0.6) is 0 Å². The molecular formula is C21H18N6OS. The van der Waals surface area contributed by atoms with Gasteiger partial charge in [0.25, 0.3) is 0 Å². The number of aliphatic hydroxyl groups is 1. The number of rotatable bonds is 5. The van der Waals surface area contributed by atoms with E-state index in [-0.39, 0.29) is 11.3 Å². The molecule has 0 spiro atoms. The fourth-order valence-electron chi connectivity index (χ4n) is 3.02. The molecule has 0 amide bonds. The number of fused-ring (bicyclic) bond motifs is 1. The van der Waals surface area contributed by atoms with Crippen molar-refractivity contribution in [3.63, 3.8) is 0 Å². The molecule has 2 aromatic heterocycles. The van der Waals surface area contributed by atoms with Crippen molar-refractivity contribution >= 4 is 28.4 Å². The van der Waals surface area contributed by atoms with E-state index in [1.165, 1.54) is 11.8 Å². The predicted molar refractivity (Wildman–Crippen MR) is 113 cm³/mol. The van der Waals surface area contributed by atoms with Crippen molar-refractivity contribution in [2.24, 2.45) is 0 Å². The summed E-state index contributed by atoms with van der Waals surface area (Å²) >= 11 is 1.32. The highest BCUT2D eigenvalue weighted by molar-refractivity contribution is 7.99. The van der Waals surface area contributed by atoms with Crippen LogP contribution in [0.4, 0.5) is 0 Å². The molecule has 2 heterocycles. The number of hydrogen-bond acceptors (Lipinski definition) is 6. The number of nitrogens with one attached hydrogen (secondary N) is 1. The molecule has 144 valence electrons. The molecule has 4 rings (SSSR count). The number of nitrogens with zero attached hydrogens (tertiary/aromatic N) is 5. The predicted octanol–water partition coefficient (Wildman–Crippen LogP) is 4.43. The number of nitriles is 1. The zero-order chi connectivity index (χ0) is 20.4. The number of aromatic nitrogens is 5. The van der Waals surface area contributed by atoms with Crippen LogP contribution < -0.4 is 0 Å². The van der Waals surface area contributed by atoms with Gasteiger partial charge in [0.15, 0.2) is 11.0 Å². The van der Waals surface area contributed by atoms with Crippen LogP contribution in [0.1, 0.15) is 18.3 Å². The highest BCUT2D eigenvalue weighted by Crippen LogP contribution is 2.31. The minimum atomic E-state index is -0.426. The Bertz CT molecular complexity index is 1220. The van der Waals surface area contributed by atoms with Crippen molar-refractivity contribution < 1.29 is 5.11 Å². The maximum Gasteiger partial charge on any atom is 0.196 e. The van der Waals surface area contributed by atoms with E-state index in [4.69, 9.17) is 0 Å². The first-order valence-electron chi connectivity index (χ1n) is 8.99. The third-order valence-corrected chi connectivity index (χ3v) is 5.62. The van der Waals surface area contributed by atoms with Crippen molar-refractivity contribution in [2.75, 3.05) is 0 Å².